The maximum absolute atomic E-state index is 14.7. The van der Waals surface area contributed by atoms with Crippen LogP contribution >= 0.6 is 0 Å². The molecule has 2 aromatic carbocycles. The largest absolute Gasteiger partial charge is 0.416 e. The van der Waals surface area contributed by atoms with Gasteiger partial charge in [-0.1, -0.05) is 19.1 Å². The summed E-state index contributed by atoms with van der Waals surface area (Å²) >= 11 is 0. The number of sulfone groups is 1. The number of hydrogen-bond acceptors (Lipinski definition) is 5. The molecule has 0 saturated heterocycles. The van der Waals surface area contributed by atoms with Crippen LogP contribution in [0.3, 0.4) is 0 Å². The van der Waals surface area contributed by atoms with Crippen LogP contribution in [0, 0.1) is 29.9 Å². The van der Waals surface area contributed by atoms with E-state index in [1.54, 1.807) is 6.92 Å². The van der Waals surface area contributed by atoms with Gasteiger partial charge in [-0.15, -0.1) is 0 Å². The highest BCUT2D eigenvalue weighted by Gasteiger charge is 2.39. The molecular weight excluding hydrogens is 464 g/mol. The van der Waals surface area contributed by atoms with Crippen molar-refractivity contribution in [3.63, 3.8) is 0 Å². The summed E-state index contributed by atoms with van der Waals surface area (Å²) in [6.45, 7) is 3.89. The maximum Gasteiger partial charge on any atom is 0.416 e. The number of nitrogens with zero attached hydrogens (tertiary/aromatic N) is 2. The van der Waals surface area contributed by atoms with E-state index in [1.807, 2.05) is 0 Å². The summed E-state index contributed by atoms with van der Waals surface area (Å²) < 4.78 is 80.8. The highest BCUT2D eigenvalue weighted by atomic mass is 32.2. The van der Waals surface area contributed by atoms with Crippen molar-refractivity contribution in [3.05, 3.63) is 75.3 Å². The summed E-state index contributed by atoms with van der Waals surface area (Å²) in [5, 5.41) is 11.9. The Labute approximate surface area is 187 Å². The normalized spacial score (nSPS) is 12.1. The SMILES string of the molecule is CCS(=O)(=O)c1cccc(-c2cc(C(F)(F)F)c(C)c([N+](=O)[O-])c2-c2cc(C)cnc2F)c1. The zero-order valence-corrected chi connectivity index (χ0v) is 18.5. The first-order valence-electron chi connectivity index (χ1n) is 9.62. The van der Waals surface area contributed by atoms with Gasteiger partial charge in [0.1, 0.15) is 0 Å². The van der Waals surface area contributed by atoms with E-state index < -0.39 is 49.3 Å². The van der Waals surface area contributed by atoms with Crippen molar-refractivity contribution in [3.8, 4) is 22.3 Å². The molecule has 0 atom stereocenters. The van der Waals surface area contributed by atoms with Gasteiger partial charge in [0.2, 0.25) is 5.95 Å². The van der Waals surface area contributed by atoms with Crippen molar-refractivity contribution >= 4 is 15.5 Å². The second-order valence-corrected chi connectivity index (χ2v) is 9.64. The van der Waals surface area contributed by atoms with Gasteiger partial charge >= 0.3 is 6.18 Å². The third-order valence-electron chi connectivity index (χ3n) is 5.17. The Bertz CT molecular complexity index is 1370. The molecule has 11 heteroatoms. The van der Waals surface area contributed by atoms with Gasteiger partial charge in [0.15, 0.2) is 9.84 Å². The van der Waals surface area contributed by atoms with E-state index in [9.17, 15) is 36.1 Å². The summed E-state index contributed by atoms with van der Waals surface area (Å²) in [5.41, 5.74) is -3.64. The molecule has 0 fully saturated rings. The van der Waals surface area contributed by atoms with Crippen molar-refractivity contribution in [2.75, 3.05) is 5.75 Å². The van der Waals surface area contributed by atoms with Crippen molar-refractivity contribution < 1.29 is 30.9 Å². The molecule has 1 aromatic heterocycles. The van der Waals surface area contributed by atoms with Crippen LogP contribution in [-0.4, -0.2) is 24.1 Å². The van der Waals surface area contributed by atoms with Crippen molar-refractivity contribution in [2.24, 2.45) is 0 Å². The number of alkyl halides is 3. The predicted molar refractivity (Wildman–Crippen MR) is 114 cm³/mol. The number of nitro groups is 1. The average molecular weight is 482 g/mol. The fourth-order valence-electron chi connectivity index (χ4n) is 3.54. The second-order valence-electron chi connectivity index (χ2n) is 7.36. The Balaban J connectivity index is 2.55. The van der Waals surface area contributed by atoms with Gasteiger partial charge in [0, 0.05) is 17.3 Å². The molecule has 6 nitrogen and oxygen atoms in total. The molecule has 1 heterocycles. The fourth-order valence-corrected chi connectivity index (χ4v) is 4.47. The molecule has 0 saturated carbocycles. The monoisotopic (exact) mass is 482 g/mol. The number of rotatable bonds is 5. The van der Waals surface area contributed by atoms with Crippen LogP contribution in [0.5, 0.6) is 0 Å². The zero-order valence-electron chi connectivity index (χ0n) is 17.7. The highest BCUT2D eigenvalue weighted by Crippen LogP contribution is 2.47. The molecule has 0 N–H and O–H groups in total. The minimum Gasteiger partial charge on any atom is -0.258 e. The van der Waals surface area contributed by atoms with Crippen molar-refractivity contribution in [2.45, 2.75) is 31.8 Å². The van der Waals surface area contributed by atoms with E-state index in [1.165, 1.54) is 37.4 Å². The lowest BCUT2D eigenvalue weighted by Crippen LogP contribution is -2.12. The van der Waals surface area contributed by atoms with Crippen molar-refractivity contribution in [1.82, 2.24) is 4.98 Å². The molecule has 0 aliphatic carbocycles. The first-order chi connectivity index (χ1) is 15.3. The Hall–Kier alpha value is -3.34. The van der Waals surface area contributed by atoms with Gasteiger partial charge in [-0.25, -0.2) is 13.4 Å². The summed E-state index contributed by atoms with van der Waals surface area (Å²) in [6.07, 6.45) is -3.77. The molecule has 33 heavy (non-hydrogen) atoms. The van der Waals surface area contributed by atoms with Crippen LogP contribution in [0.4, 0.5) is 23.2 Å². The summed E-state index contributed by atoms with van der Waals surface area (Å²) in [6, 6.07) is 6.94. The average Bonchev–Trinajstić information content (AvgIpc) is 2.74. The third-order valence-corrected chi connectivity index (χ3v) is 6.90. The lowest BCUT2D eigenvalue weighted by Gasteiger charge is -2.18. The second kappa shape index (κ2) is 8.54. The van der Waals surface area contributed by atoms with Gasteiger partial charge in [0.05, 0.1) is 26.7 Å². The minimum atomic E-state index is -4.95. The molecule has 3 aromatic rings. The van der Waals surface area contributed by atoms with Gasteiger partial charge in [-0.2, -0.15) is 17.6 Å². The Morgan fingerprint density at radius 3 is 2.33 bits per heavy atom. The fraction of sp³-hybridized carbons (Fsp3) is 0.227. The number of aryl methyl sites for hydroxylation is 1. The molecular formula is C22H18F4N2O4S. The van der Waals surface area contributed by atoms with Crippen LogP contribution in [0.25, 0.3) is 22.3 Å². The highest BCUT2D eigenvalue weighted by molar-refractivity contribution is 7.91. The van der Waals surface area contributed by atoms with E-state index in [2.05, 4.69) is 4.98 Å². The van der Waals surface area contributed by atoms with E-state index in [0.29, 0.717) is 11.6 Å². The maximum atomic E-state index is 14.7. The first-order valence-corrected chi connectivity index (χ1v) is 11.3. The van der Waals surface area contributed by atoms with E-state index in [-0.39, 0.29) is 27.3 Å². The Morgan fingerprint density at radius 2 is 1.76 bits per heavy atom. The van der Waals surface area contributed by atoms with Gasteiger partial charge < -0.3 is 0 Å². The molecule has 174 valence electrons. The third kappa shape index (κ3) is 4.58. The number of halogens is 4. The summed E-state index contributed by atoms with van der Waals surface area (Å²) in [4.78, 5) is 14.3. The molecule has 0 aliphatic rings. The molecule has 3 rings (SSSR count). The summed E-state index contributed by atoms with van der Waals surface area (Å²) in [5.74, 6) is -1.37. The van der Waals surface area contributed by atoms with E-state index in [0.717, 1.165) is 13.0 Å². The molecule has 0 aliphatic heterocycles. The van der Waals surface area contributed by atoms with E-state index >= 15 is 0 Å². The minimum absolute atomic E-state index is 0.0472. The Kier molecular flexibility index (Phi) is 6.29. The molecule has 0 spiro atoms. The lowest BCUT2D eigenvalue weighted by molar-refractivity contribution is -0.384. The lowest BCUT2D eigenvalue weighted by atomic mass is 9.88. The smallest absolute Gasteiger partial charge is 0.258 e. The van der Waals surface area contributed by atoms with Crippen LogP contribution < -0.4 is 0 Å². The molecule has 0 unspecified atom stereocenters. The van der Waals surface area contributed by atoms with Crippen LogP contribution in [-0.2, 0) is 16.0 Å². The quantitative estimate of drug-likeness (QED) is 0.196. The van der Waals surface area contributed by atoms with Crippen LogP contribution in [0.1, 0.15) is 23.6 Å². The number of hydrogen-bond donors (Lipinski definition) is 0. The van der Waals surface area contributed by atoms with Gasteiger partial charge in [-0.3, -0.25) is 10.1 Å². The number of aromatic nitrogens is 1. The topological polar surface area (TPSA) is 90.2 Å². The van der Waals surface area contributed by atoms with Crippen LogP contribution in [0.2, 0.25) is 0 Å². The van der Waals surface area contributed by atoms with Crippen molar-refractivity contribution in [1.29, 1.82) is 0 Å². The zero-order chi connectivity index (χ0) is 24.7. The Morgan fingerprint density at radius 1 is 1.09 bits per heavy atom. The number of nitro benzene ring substituents is 1. The molecule has 0 radical (unpaired) electrons. The number of benzene rings is 2. The van der Waals surface area contributed by atoms with Gasteiger partial charge in [0.25, 0.3) is 5.69 Å². The van der Waals surface area contributed by atoms with Gasteiger partial charge in [-0.05, 0) is 54.8 Å². The first kappa shape index (κ1) is 24.3. The standard InChI is InChI=1S/C22H18F4N2O4S/c1-4-33(31,32)15-7-5-6-14(9-15)16-10-18(22(24,25)26)13(3)20(28(29)30)19(16)17-8-12(2)11-27-21(17)23/h5-11H,4H2,1-3H3. The molecule has 0 amide bonds. The number of pyridine rings is 1. The van der Waals surface area contributed by atoms with E-state index in [4.69, 9.17) is 0 Å². The predicted octanol–water partition coefficient (Wildman–Crippen LogP) is 5.89. The molecule has 0 bridgehead atoms. The van der Waals surface area contributed by atoms with Crippen LogP contribution in [0.15, 0.2) is 47.5 Å². The summed E-state index contributed by atoms with van der Waals surface area (Å²) in [7, 11) is -3.74.